The second kappa shape index (κ2) is 3.69. The van der Waals surface area contributed by atoms with Gasteiger partial charge in [0.2, 0.25) is 0 Å². The maximum atomic E-state index is 11.6. The van der Waals surface area contributed by atoms with Crippen LogP contribution in [0.2, 0.25) is 0 Å². The zero-order valence-electron chi connectivity index (χ0n) is 8.37. The highest BCUT2D eigenvalue weighted by Gasteiger charge is 2.17. The largest absolute Gasteiger partial charge is 0.292 e. The molecule has 0 spiro atoms. The molecule has 1 aromatic rings. The van der Waals surface area contributed by atoms with E-state index in [1.165, 1.54) is 0 Å². The highest BCUT2D eigenvalue weighted by atomic mass is 16.1. The van der Waals surface area contributed by atoms with E-state index in [-0.39, 0.29) is 11.2 Å². The van der Waals surface area contributed by atoms with Gasteiger partial charge < -0.3 is 0 Å². The first-order valence-corrected chi connectivity index (χ1v) is 4.43. The fourth-order valence-electron chi connectivity index (χ4n) is 1.10. The molecule has 2 nitrogen and oxygen atoms in total. The third kappa shape index (κ3) is 3.36. The molecule has 0 aliphatic rings. The number of carbonyl (C=O) groups is 1. The third-order valence-corrected chi connectivity index (χ3v) is 1.64. The van der Waals surface area contributed by atoms with Gasteiger partial charge >= 0.3 is 0 Å². The van der Waals surface area contributed by atoms with Crippen molar-refractivity contribution in [1.29, 1.82) is 0 Å². The van der Waals surface area contributed by atoms with Gasteiger partial charge in [-0.15, -0.1) is 0 Å². The van der Waals surface area contributed by atoms with Gasteiger partial charge in [-0.05, 0) is 17.5 Å². The van der Waals surface area contributed by atoms with Gasteiger partial charge in [0.15, 0.2) is 5.78 Å². The highest BCUT2D eigenvalue weighted by Crippen LogP contribution is 2.20. The molecule has 0 saturated heterocycles. The van der Waals surface area contributed by atoms with Crippen LogP contribution in [-0.4, -0.2) is 10.8 Å². The molecule has 0 aromatic carbocycles. The Kier molecular flexibility index (Phi) is 2.81. The molecular formula is C11H15NO. The van der Waals surface area contributed by atoms with Gasteiger partial charge in [-0.2, -0.15) is 0 Å². The Bertz CT molecular complexity index is 285. The average molecular weight is 177 g/mol. The Morgan fingerprint density at radius 1 is 1.38 bits per heavy atom. The Balaban J connectivity index is 2.71. The summed E-state index contributed by atoms with van der Waals surface area (Å²) in [5.74, 6) is 0.119. The minimum absolute atomic E-state index is 0.0363. The number of rotatable bonds is 2. The van der Waals surface area contributed by atoms with Gasteiger partial charge in [0.25, 0.3) is 0 Å². The van der Waals surface area contributed by atoms with Crippen LogP contribution in [0.25, 0.3) is 0 Å². The second-order valence-electron chi connectivity index (χ2n) is 4.38. The fourth-order valence-corrected chi connectivity index (χ4v) is 1.10. The van der Waals surface area contributed by atoms with E-state index in [0.717, 1.165) is 0 Å². The van der Waals surface area contributed by atoms with E-state index < -0.39 is 0 Å². The number of hydrogen-bond acceptors (Lipinski definition) is 2. The summed E-state index contributed by atoms with van der Waals surface area (Å²) < 4.78 is 0. The van der Waals surface area contributed by atoms with E-state index in [9.17, 15) is 4.79 Å². The highest BCUT2D eigenvalue weighted by molar-refractivity contribution is 5.94. The van der Waals surface area contributed by atoms with Crippen LogP contribution in [0.5, 0.6) is 0 Å². The van der Waals surface area contributed by atoms with E-state index in [2.05, 4.69) is 4.98 Å². The van der Waals surface area contributed by atoms with Crippen molar-refractivity contribution in [2.75, 3.05) is 0 Å². The molecule has 0 aliphatic carbocycles. The summed E-state index contributed by atoms with van der Waals surface area (Å²) in [6, 6.07) is 5.41. The normalized spacial score (nSPS) is 11.3. The number of Topliss-reactive ketones (excluding diaryl/α,β-unsaturated/α-hetero) is 1. The molecule has 13 heavy (non-hydrogen) atoms. The van der Waals surface area contributed by atoms with Crippen LogP contribution in [0, 0.1) is 5.41 Å². The smallest absolute Gasteiger partial charge is 0.181 e. The van der Waals surface area contributed by atoms with Crippen molar-refractivity contribution in [3.63, 3.8) is 0 Å². The number of carbonyl (C=O) groups excluding carboxylic acids is 1. The van der Waals surface area contributed by atoms with Crippen LogP contribution < -0.4 is 0 Å². The van der Waals surface area contributed by atoms with Crippen molar-refractivity contribution in [3.8, 4) is 0 Å². The standard InChI is InChI=1S/C11H15NO/c1-11(2,3)8-10(13)9-6-4-5-7-12-9/h4-7H,8H2,1-3H3. The van der Waals surface area contributed by atoms with Crippen molar-refractivity contribution in [2.24, 2.45) is 5.41 Å². The second-order valence-corrected chi connectivity index (χ2v) is 4.38. The minimum atomic E-state index is 0.0363. The first kappa shape index (κ1) is 9.90. The molecule has 2 heteroatoms. The lowest BCUT2D eigenvalue weighted by Crippen LogP contribution is -2.13. The summed E-state index contributed by atoms with van der Waals surface area (Å²) in [5.41, 5.74) is 0.603. The van der Waals surface area contributed by atoms with Crippen LogP contribution in [0.3, 0.4) is 0 Å². The zero-order valence-corrected chi connectivity index (χ0v) is 8.37. The van der Waals surface area contributed by atoms with Crippen LogP contribution >= 0.6 is 0 Å². The molecule has 0 unspecified atom stereocenters. The third-order valence-electron chi connectivity index (χ3n) is 1.64. The topological polar surface area (TPSA) is 30.0 Å². The van der Waals surface area contributed by atoms with Gasteiger partial charge in [0, 0.05) is 12.6 Å². The monoisotopic (exact) mass is 177 g/mol. The van der Waals surface area contributed by atoms with Crippen LogP contribution in [0.15, 0.2) is 24.4 Å². The molecule has 0 atom stereocenters. The molecule has 0 N–H and O–H groups in total. The molecule has 70 valence electrons. The number of pyridine rings is 1. The summed E-state index contributed by atoms with van der Waals surface area (Å²) in [4.78, 5) is 15.6. The molecule has 1 rings (SSSR count). The summed E-state index contributed by atoms with van der Waals surface area (Å²) in [5, 5.41) is 0. The lowest BCUT2D eigenvalue weighted by molar-refractivity contribution is 0.0935. The lowest BCUT2D eigenvalue weighted by atomic mass is 9.89. The van der Waals surface area contributed by atoms with Crippen LogP contribution in [0.4, 0.5) is 0 Å². The van der Waals surface area contributed by atoms with Crippen molar-refractivity contribution in [3.05, 3.63) is 30.1 Å². The number of nitrogens with zero attached hydrogens (tertiary/aromatic N) is 1. The van der Waals surface area contributed by atoms with E-state index in [1.807, 2.05) is 32.9 Å². The summed E-state index contributed by atoms with van der Waals surface area (Å²) >= 11 is 0. The van der Waals surface area contributed by atoms with E-state index in [4.69, 9.17) is 0 Å². The Labute approximate surface area is 79.0 Å². The molecule has 1 aromatic heterocycles. The molecule has 0 radical (unpaired) electrons. The Hall–Kier alpha value is -1.18. The van der Waals surface area contributed by atoms with Gasteiger partial charge in [-0.25, -0.2) is 0 Å². The van der Waals surface area contributed by atoms with Gasteiger partial charge in [0.1, 0.15) is 5.69 Å². The van der Waals surface area contributed by atoms with Crippen molar-refractivity contribution >= 4 is 5.78 Å². The molecular weight excluding hydrogens is 162 g/mol. The SMILES string of the molecule is CC(C)(C)CC(=O)c1ccccn1. The molecule has 1 heterocycles. The number of ketones is 1. The quantitative estimate of drug-likeness (QED) is 0.650. The van der Waals surface area contributed by atoms with Crippen molar-refractivity contribution in [1.82, 2.24) is 4.98 Å². The average Bonchev–Trinajstić information content (AvgIpc) is 2.03. The molecule has 0 aliphatic heterocycles. The number of hydrogen-bond donors (Lipinski definition) is 0. The molecule has 0 fully saturated rings. The number of aromatic nitrogens is 1. The van der Waals surface area contributed by atoms with Crippen molar-refractivity contribution < 1.29 is 4.79 Å². The predicted octanol–water partition coefficient (Wildman–Crippen LogP) is 2.70. The van der Waals surface area contributed by atoms with Crippen LogP contribution in [-0.2, 0) is 0 Å². The Morgan fingerprint density at radius 2 is 2.08 bits per heavy atom. The fraction of sp³-hybridized carbons (Fsp3) is 0.455. The summed E-state index contributed by atoms with van der Waals surface area (Å²) in [6.45, 7) is 6.15. The summed E-state index contributed by atoms with van der Waals surface area (Å²) in [6.07, 6.45) is 2.19. The summed E-state index contributed by atoms with van der Waals surface area (Å²) in [7, 11) is 0. The van der Waals surface area contributed by atoms with E-state index in [1.54, 1.807) is 12.3 Å². The van der Waals surface area contributed by atoms with E-state index >= 15 is 0 Å². The van der Waals surface area contributed by atoms with Gasteiger partial charge in [-0.3, -0.25) is 9.78 Å². The lowest BCUT2D eigenvalue weighted by Gasteiger charge is -2.16. The first-order valence-electron chi connectivity index (χ1n) is 4.43. The molecule has 0 amide bonds. The van der Waals surface area contributed by atoms with Gasteiger partial charge in [-0.1, -0.05) is 26.8 Å². The van der Waals surface area contributed by atoms with Crippen LogP contribution in [0.1, 0.15) is 37.7 Å². The maximum absolute atomic E-state index is 11.6. The van der Waals surface area contributed by atoms with Crippen molar-refractivity contribution in [2.45, 2.75) is 27.2 Å². The molecule has 0 bridgehead atoms. The zero-order chi connectivity index (χ0) is 9.90. The van der Waals surface area contributed by atoms with Gasteiger partial charge in [0.05, 0.1) is 0 Å². The minimum Gasteiger partial charge on any atom is -0.292 e. The molecule has 0 saturated carbocycles. The Morgan fingerprint density at radius 3 is 2.54 bits per heavy atom. The first-order chi connectivity index (χ1) is 5.99. The van der Waals surface area contributed by atoms with E-state index in [0.29, 0.717) is 12.1 Å². The predicted molar refractivity (Wildman–Crippen MR) is 52.6 cm³/mol. The maximum Gasteiger partial charge on any atom is 0.181 e.